The van der Waals surface area contributed by atoms with E-state index >= 15 is 0 Å². The lowest BCUT2D eigenvalue weighted by molar-refractivity contribution is 0.0983. The van der Waals surface area contributed by atoms with Crippen molar-refractivity contribution in [1.82, 2.24) is 0 Å². The van der Waals surface area contributed by atoms with Crippen LogP contribution in [0.25, 0.3) is 0 Å². The highest BCUT2D eigenvalue weighted by Gasteiger charge is 2.18. The summed E-state index contributed by atoms with van der Waals surface area (Å²) in [6.07, 6.45) is 4.73. The fraction of sp³-hybridized carbons (Fsp3) is 0.600. The van der Waals surface area contributed by atoms with E-state index < -0.39 is 0 Å². The predicted octanol–water partition coefficient (Wildman–Crippen LogP) is 2.74. The minimum Gasteiger partial charge on any atom is -0.378 e. The summed E-state index contributed by atoms with van der Waals surface area (Å²) in [5.41, 5.74) is 10.2. The molecule has 1 heterocycles. The third kappa shape index (κ3) is 3.55. The Kier molecular flexibility index (Phi) is 4.19. The van der Waals surface area contributed by atoms with Crippen molar-refractivity contribution < 1.29 is 4.74 Å². The average Bonchev–Trinajstić information content (AvgIpc) is 2.76. The van der Waals surface area contributed by atoms with E-state index in [9.17, 15) is 0 Å². The van der Waals surface area contributed by atoms with Crippen LogP contribution in [0.5, 0.6) is 0 Å². The van der Waals surface area contributed by atoms with Crippen molar-refractivity contribution >= 4 is 0 Å². The summed E-state index contributed by atoms with van der Waals surface area (Å²) in [5, 5.41) is 0. The molecule has 17 heavy (non-hydrogen) atoms. The standard InChI is InChI=1S/C15H23NO/c1-11-5-6-13(8-12(11)2)9-14(16)10-15-4-3-7-17-15/h5-6,8,14-15H,3-4,7,9-10,16H2,1-2H3. The number of hydrogen-bond acceptors (Lipinski definition) is 2. The number of ether oxygens (including phenoxy) is 1. The van der Waals surface area contributed by atoms with E-state index in [1.807, 2.05) is 0 Å². The zero-order chi connectivity index (χ0) is 12.3. The first kappa shape index (κ1) is 12.6. The molecule has 2 atom stereocenters. The van der Waals surface area contributed by atoms with Crippen LogP contribution >= 0.6 is 0 Å². The van der Waals surface area contributed by atoms with Crippen molar-refractivity contribution in [3.63, 3.8) is 0 Å². The van der Waals surface area contributed by atoms with Crippen molar-refractivity contribution in [1.29, 1.82) is 0 Å². The summed E-state index contributed by atoms with van der Waals surface area (Å²) in [6, 6.07) is 6.85. The molecular weight excluding hydrogens is 210 g/mol. The number of nitrogens with two attached hydrogens (primary N) is 1. The molecule has 1 aliphatic rings. The molecule has 0 saturated carbocycles. The van der Waals surface area contributed by atoms with Gasteiger partial charge < -0.3 is 10.5 Å². The van der Waals surface area contributed by atoms with Gasteiger partial charge in [0.15, 0.2) is 0 Å². The molecule has 1 aromatic carbocycles. The molecule has 0 radical (unpaired) electrons. The Morgan fingerprint density at radius 1 is 1.35 bits per heavy atom. The van der Waals surface area contributed by atoms with Gasteiger partial charge in [-0.1, -0.05) is 18.2 Å². The highest BCUT2D eigenvalue weighted by Crippen LogP contribution is 2.18. The first-order valence-corrected chi connectivity index (χ1v) is 6.58. The number of hydrogen-bond donors (Lipinski definition) is 1. The highest BCUT2D eigenvalue weighted by molar-refractivity contribution is 5.30. The normalized spacial score (nSPS) is 21.7. The fourth-order valence-corrected chi connectivity index (χ4v) is 2.48. The second kappa shape index (κ2) is 5.65. The molecule has 94 valence electrons. The smallest absolute Gasteiger partial charge is 0.0590 e. The van der Waals surface area contributed by atoms with Gasteiger partial charge in [0, 0.05) is 12.6 Å². The zero-order valence-corrected chi connectivity index (χ0v) is 10.9. The Hall–Kier alpha value is -0.860. The van der Waals surface area contributed by atoms with E-state index in [1.165, 1.54) is 29.5 Å². The number of benzene rings is 1. The van der Waals surface area contributed by atoms with Gasteiger partial charge in [0.05, 0.1) is 6.10 Å². The van der Waals surface area contributed by atoms with Gasteiger partial charge in [-0.05, 0) is 56.2 Å². The zero-order valence-electron chi connectivity index (χ0n) is 10.9. The van der Waals surface area contributed by atoms with Crippen molar-refractivity contribution in [2.75, 3.05) is 6.61 Å². The van der Waals surface area contributed by atoms with E-state index in [0.29, 0.717) is 6.10 Å². The lowest BCUT2D eigenvalue weighted by atomic mass is 9.97. The molecule has 1 aromatic rings. The molecule has 2 nitrogen and oxygen atoms in total. The number of rotatable bonds is 4. The van der Waals surface area contributed by atoms with Gasteiger partial charge in [0.2, 0.25) is 0 Å². The van der Waals surface area contributed by atoms with Gasteiger partial charge in [-0.15, -0.1) is 0 Å². The van der Waals surface area contributed by atoms with Gasteiger partial charge in [-0.3, -0.25) is 0 Å². The van der Waals surface area contributed by atoms with Crippen LogP contribution in [0.3, 0.4) is 0 Å². The highest BCUT2D eigenvalue weighted by atomic mass is 16.5. The number of aryl methyl sites for hydroxylation is 2. The Labute approximate surface area is 104 Å². The maximum absolute atomic E-state index is 6.19. The van der Waals surface area contributed by atoms with Crippen molar-refractivity contribution in [2.24, 2.45) is 5.73 Å². The van der Waals surface area contributed by atoms with E-state index in [0.717, 1.165) is 19.4 Å². The second-order valence-electron chi connectivity index (χ2n) is 5.25. The molecule has 1 aliphatic heterocycles. The van der Waals surface area contributed by atoms with Crippen LogP contribution in [0.2, 0.25) is 0 Å². The Bertz CT molecular complexity index is 369. The monoisotopic (exact) mass is 233 g/mol. The summed E-state index contributed by atoms with van der Waals surface area (Å²) >= 11 is 0. The van der Waals surface area contributed by atoms with Gasteiger partial charge in [0.25, 0.3) is 0 Å². The maximum atomic E-state index is 6.19. The molecule has 0 spiro atoms. The largest absolute Gasteiger partial charge is 0.378 e. The third-order valence-corrected chi connectivity index (χ3v) is 3.66. The molecule has 0 bridgehead atoms. The summed E-state index contributed by atoms with van der Waals surface area (Å²) in [4.78, 5) is 0. The van der Waals surface area contributed by atoms with E-state index in [2.05, 4.69) is 32.0 Å². The van der Waals surface area contributed by atoms with Crippen LogP contribution in [0.4, 0.5) is 0 Å². The fourth-order valence-electron chi connectivity index (χ4n) is 2.48. The van der Waals surface area contributed by atoms with E-state index in [-0.39, 0.29) is 6.04 Å². The van der Waals surface area contributed by atoms with Gasteiger partial charge in [-0.25, -0.2) is 0 Å². The summed E-state index contributed by atoms with van der Waals surface area (Å²) in [7, 11) is 0. The van der Waals surface area contributed by atoms with Crippen LogP contribution in [0, 0.1) is 13.8 Å². The van der Waals surface area contributed by atoms with Gasteiger partial charge in [-0.2, -0.15) is 0 Å². The quantitative estimate of drug-likeness (QED) is 0.868. The summed E-state index contributed by atoms with van der Waals surface area (Å²) in [5.74, 6) is 0. The van der Waals surface area contributed by atoms with E-state index in [4.69, 9.17) is 10.5 Å². The molecule has 1 fully saturated rings. The molecule has 1 saturated heterocycles. The van der Waals surface area contributed by atoms with Crippen LogP contribution in [-0.4, -0.2) is 18.8 Å². The maximum Gasteiger partial charge on any atom is 0.0590 e. The topological polar surface area (TPSA) is 35.2 Å². The van der Waals surface area contributed by atoms with E-state index in [1.54, 1.807) is 0 Å². The molecule has 2 unspecified atom stereocenters. The Morgan fingerprint density at radius 3 is 2.82 bits per heavy atom. The lowest BCUT2D eigenvalue weighted by Gasteiger charge is -2.16. The van der Waals surface area contributed by atoms with Crippen molar-refractivity contribution in [3.05, 3.63) is 34.9 Å². The predicted molar refractivity (Wildman–Crippen MR) is 71.2 cm³/mol. The molecule has 0 aliphatic carbocycles. The molecular formula is C15H23NO. The molecule has 0 amide bonds. The second-order valence-corrected chi connectivity index (χ2v) is 5.25. The summed E-state index contributed by atoms with van der Waals surface area (Å²) in [6.45, 7) is 5.22. The van der Waals surface area contributed by atoms with Crippen LogP contribution in [0.1, 0.15) is 36.0 Å². The molecule has 2 heteroatoms. The first-order valence-electron chi connectivity index (χ1n) is 6.58. The van der Waals surface area contributed by atoms with Crippen molar-refractivity contribution in [2.45, 2.75) is 51.7 Å². The lowest BCUT2D eigenvalue weighted by Crippen LogP contribution is -2.28. The van der Waals surface area contributed by atoms with Crippen LogP contribution in [0.15, 0.2) is 18.2 Å². The average molecular weight is 233 g/mol. The van der Waals surface area contributed by atoms with Crippen molar-refractivity contribution in [3.8, 4) is 0 Å². The third-order valence-electron chi connectivity index (χ3n) is 3.66. The first-order chi connectivity index (χ1) is 8.15. The minimum absolute atomic E-state index is 0.222. The van der Waals surface area contributed by atoms with Crippen LogP contribution in [-0.2, 0) is 11.2 Å². The Balaban J connectivity index is 1.88. The Morgan fingerprint density at radius 2 is 2.18 bits per heavy atom. The van der Waals surface area contributed by atoms with Gasteiger partial charge in [0.1, 0.15) is 0 Å². The summed E-state index contributed by atoms with van der Waals surface area (Å²) < 4.78 is 5.62. The molecule has 2 N–H and O–H groups in total. The van der Waals surface area contributed by atoms with Gasteiger partial charge >= 0.3 is 0 Å². The van der Waals surface area contributed by atoms with Crippen LogP contribution < -0.4 is 5.73 Å². The SMILES string of the molecule is Cc1ccc(CC(N)CC2CCCO2)cc1C. The minimum atomic E-state index is 0.222. The molecule has 0 aromatic heterocycles. The molecule has 2 rings (SSSR count).